The lowest BCUT2D eigenvalue weighted by molar-refractivity contribution is 0.0923. The Morgan fingerprint density at radius 1 is 1.35 bits per heavy atom. The molecule has 0 aliphatic rings. The number of ketones is 1. The maximum Gasteiger partial charge on any atom is 0.165 e. The van der Waals surface area contributed by atoms with Crippen LogP contribution >= 0.6 is 15.9 Å². The van der Waals surface area contributed by atoms with E-state index in [1.54, 1.807) is 0 Å². The highest BCUT2D eigenvalue weighted by atomic mass is 79.9. The molecule has 0 aliphatic heterocycles. The molecular formula is C20H28BrNO. The van der Waals surface area contributed by atoms with Crippen molar-refractivity contribution < 1.29 is 4.79 Å². The average molecular weight is 378 g/mol. The number of nitrogens with one attached hydrogen (secondary N) is 1. The van der Waals surface area contributed by atoms with Gasteiger partial charge >= 0.3 is 0 Å². The predicted molar refractivity (Wildman–Crippen MR) is 103 cm³/mol. The second-order valence-corrected chi connectivity index (χ2v) is 6.91. The summed E-state index contributed by atoms with van der Waals surface area (Å²) in [5, 5.41) is 3.36. The number of halogens is 1. The monoisotopic (exact) mass is 377 g/mol. The van der Waals surface area contributed by atoms with E-state index >= 15 is 0 Å². The van der Waals surface area contributed by atoms with E-state index in [4.69, 9.17) is 0 Å². The van der Waals surface area contributed by atoms with Gasteiger partial charge in [0.15, 0.2) is 5.78 Å². The highest BCUT2D eigenvalue weighted by Gasteiger charge is 2.14. The van der Waals surface area contributed by atoms with Crippen LogP contribution in [0, 0.1) is 5.92 Å². The van der Waals surface area contributed by atoms with E-state index in [1.165, 1.54) is 5.57 Å². The first-order valence-corrected chi connectivity index (χ1v) is 9.11. The third kappa shape index (κ3) is 8.29. The number of hydrogen-bond acceptors (Lipinski definition) is 2. The Morgan fingerprint density at radius 2 is 2.04 bits per heavy atom. The molecule has 0 radical (unpaired) electrons. The normalized spacial score (nSPS) is 12.9. The SMILES string of the molecule is C=CCCNCC=C(C)CCCC(C)C(=O)c1ccc(Br)cc1. The Morgan fingerprint density at radius 3 is 2.70 bits per heavy atom. The molecule has 0 heterocycles. The van der Waals surface area contributed by atoms with E-state index in [9.17, 15) is 4.79 Å². The third-order valence-corrected chi connectivity index (χ3v) is 4.43. The Labute approximate surface area is 149 Å². The number of allylic oxidation sites excluding steroid dienone is 1. The summed E-state index contributed by atoms with van der Waals surface area (Å²) in [7, 11) is 0. The van der Waals surface area contributed by atoms with Crippen LogP contribution in [0.4, 0.5) is 0 Å². The van der Waals surface area contributed by atoms with E-state index in [0.717, 1.165) is 48.8 Å². The number of Topliss-reactive ketones (excluding diaryl/α,β-unsaturated/α-hetero) is 1. The summed E-state index contributed by atoms with van der Waals surface area (Å²) in [6, 6.07) is 7.63. The fraction of sp³-hybridized carbons (Fsp3) is 0.450. The van der Waals surface area contributed by atoms with Gasteiger partial charge in [0.2, 0.25) is 0 Å². The van der Waals surface area contributed by atoms with Crippen LogP contribution in [-0.4, -0.2) is 18.9 Å². The Kier molecular flexibility index (Phi) is 9.81. The van der Waals surface area contributed by atoms with Crippen LogP contribution in [-0.2, 0) is 0 Å². The van der Waals surface area contributed by atoms with Crippen LogP contribution in [0.5, 0.6) is 0 Å². The summed E-state index contributed by atoms with van der Waals surface area (Å²) in [6.07, 6.45) is 8.21. The number of carbonyl (C=O) groups is 1. The van der Waals surface area contributed by atoms with Crippen LogP contribution in [0.2, 0.25) is 0 Å². The second-order valence-electron chi connectivity index (χ2n) is 6.00. The van der Waals surface area contributed by atoms with Crippen LogP contribution in [0.3, 0.4) is 0 Å². The molecule has 1 unspecified atom stereocenters. The molecule has 0 amide bonds. The van der Waals surface area contributed by atoms with E-state index < -0.39 is 0 Å². The van der Waals surface area contributed by atoms with Gasteiger partial charge in [0.1, 0.15) is 0 Å². The van der Waals surface area contributed by atoms with Gasteiger partial charge in [-0.1, -0.05) is 52.7 Å². The summed E-state index contributed by atoms with van der Waals surface area (Å²) >= 11 is 3.40. The molecule has 1 N–H and O–H groups in total. The van der Waals surface area contributed by atoms with Crippen molar-refractivity contribution in [1.82, 2.24) is 5.32 Å². The molecule has 126 valence electrons. The first-order chi connectivity index (χ1) is 11.0. The van der Waals surface area contributed by atoms with Crippen molar-refractivity contribution in [3.8, 4) is 0 Å². The summed E-state index contributed by atoms with van der Waals surface area (Å²) < 4.78 is 1.00. The van der Waals surface area contributed by atoms with Crippen LogP contribution in [0.25, 0.3) is 0 Å². The number of benzene rings is 1. The molecule has 0 aromatic heterocycles. The molecule has 2 nitrogen and oxygen atoms in total. The van der Waals surface area contributed by atoms with Gasteiger partial charge in [-0.3, -0.25) is 4.79 Å². The topological polar surface area (TPSA) is 29.1 Å². The Balaban J connectivity index is 2.28. The zero-order valence-corrected chi connectivity index (χ0v) is 15.9. The molecule has 0 saturated carbocycles. The molecule has 1 atom stereocenters. The standard InChI is InChI=1S/C20H28BrNO/c1-4-5-14-22-15-13-16(2)7-6-8-17(3)20(23)18-9-11-19(21)12-10-18/h4,9-13,17,22H,1,5-8,14-15H2,2-3H3. The van der Waals surface area contributed by atoms with Crippen molar-refractivity contribution in [2.45, 2.75) is 39.5 Å². The highest BCUT2D eigenvalue weighted by molar-refractivity contribution is 9.10. The molecule has 0 saturated heterocycles. The molecule has 1 aromatic rings. The van der Waals surface area contributed by atoms with E-state index in [0.29, 0.717) is 0 Å². The molecule has 23 heavy (non-hydrogen) atoms. The maximum absolute atomic E-state index is 12.4. The van der Waals surface area contributed by atoms with Crippen molar-refractivity contribution in [1.29, 1.82) is 0 Å². The third-order valence-electron chi connectivity index (χ3n) is 3.90. The number of rotatable bonds is 11. The zero-order chi connectivity index (χ0) is 17.1. The summed E-state index contributed by atoms with van der Waals surface area (Å²) in [5.41, 5.74) is 2.19. The molecule has 1 rings (SSSR count). The molecule has 0 fully saturated rings. The average Bonchev–Trinajstić information content (AvgIpc) is 2.54. The van der Waals surface area contributed by atoms with Gasteiger partial charge < -0.3 is 5.32 Å². The molecule has 0 spiro atoms. The van der Waals surface area contributed by atoms with Crippen molar-refractivity contribution in [2.24, 2.45) is 5.92 Å². The maximum atomic E-state index is 12.4. The minimum atomic E-state index is 0.0784. The Bertz CT molecular complexity index is 519. The van der Waals surface area contributed by atoms with Gasteiger partial charge in [-0.05, 0) is 51.3 Å². The first-order valence-electron chi connectivity index (χ1n) is 8.31. The van der Waals surface area contributed by atoms with Crippen molar-refractivity contribution in [2.75, 3.05) is 13.1 Å². The number of carbonyl (C=O) groups excluding carboxylic acids is 1. The molecule has 1 aromatic carbocycles. The zero-order valence-electron chi connectivity index (χ0n) is 14.3. The predicted octanol–water partition coefficient (Wildman–Crippen LogP) is 5.55. The molecular weight excluding hydrogens is 350 g/mol. The van der Waals surface area contributed by atoms with Crippen molar-refractivity contribution >= 4 is 21.7 Å². The fourth-order valence-corrected chi connectivity index (χ4v) is 2.64. The van der Waals surface area contributed by atoms with Gasteiger partial charge in [0.25, 0.3) is 0 Å². The van der Waals surface area contributed by atoms with Crippen molar-refractivity contribution in [3.05, 3.63) is 58.6 Å². The first kappa shape index (κ1) is 19.9. The second kappa shape index (κ2) is 11.4. The van der Waals surface area contributed by atoms with E-state index in [-0.39, 0.29) is 11.7 Å². The molecule has 0 aliphatic carbocycles. The van der Waals surface area contributed by atoms with Gasteiger partial charge in [0.05, 0.1) is 0 Å². The van der Waals surface area contributed by atoms with Crippen LogP contribution < -0.4 is 5.32 Å². The van der Waals surface area contributed by atoms with Crippen molar-refractivity contribution in [3.63, 3.8) is 0 Å². The minimum absolute atomic E-state index is 0.0784. The Hall–Kier alpha value is -1.19. The van der Waals surface area contributed by atoms with E-state index in [2.05, 4.69) is 40.8 Å². The fourth-order valence-electron chi connectivity index (χ4n) is 2.37. The smallest absolute Gasteiger partial charge is 0.165 e. The van der Waals surface area contributed by atoms with Crippen LogP contribution in [0.1, 0.15) is 49.9 Å². The minimum Gasteiger partial charge on any atom is -0.313 e. The summed E-state index contributed by atoms with van der Waals surface area (Å²) in [5.74, 6) is 0.319. The highest BCUT2D eigenvalue weighted by Crippen LogP contribution is 2.18. The molecule has 0 bridgehead atoms. The van der Waals surface area contributed by atoms with Crippen LogP contribution in [0.15, 0.2) is 53.0 Å². The number of hydrogen-bond donors (Lipinski definition) is 1. The quantitative estimate of drug-likeness (QED) is 0.311. The van der Waals surface area contributed by atoms with Gasteiger partial charge in [-0.25, -0.2) is 0 Å². The lowest BCUT2D eigenvalue weighted by Gasteiger charge is -2.11. The lowest BCUT2D eigenvalue weighted by Crippen LogP contribution is -2.14. The molecule has 3 heteroatoms. The van der Waals surface area contributed by atoms with Gasteiger partial charge in [0, 0.05) is 22.5 Å². The summed E-state index contributed by atoms with van der Waals surface area (Å²) in [6.45, 7) is 9.78. The largest absolute Gasteiger partial charge is 0.313 e. The van der Waals surface area contributed by atoms with E-state index in [1.807, 2.05) is 37.3 Å². The lowest BCUT2D eigenvalue weighted by atomic mass is 9.93. The summed E-state index contributed by atoms with van der Waals surface area (Å²) in [4.78, 5) is 12.4. The van der Waals surface area contributed by atoms with Gasteiger partial charge in [-0.15, -0.1) is 6.58 Å². The van der Waals surface area contributed by atoms with Gasteiger partial charge in [-0.2, -0.15) is 0 Å².